The fourth-order valence-corrected chi connectivity index (χ4v) is 3.27. The van der Waals surface area contributed by atoms with Gasteiger partial charge >= 0.3 is 17.9 Å². The average Bonchev–Trinajstić information content (AvgIpc) is 2.79. The van der Waals surface area contributed by atoms with E-state index < -0.39 is 85.5 Å². The Morgan fingerprint density at radius 1 is 0.737 bits per heavy atom. The average molecular weight is 546 g/mol. The molecular weight excluding hydrogens is 506 g/mol. The molecule has 0 radical (unpaired) electrons. The highest BCUT2D eigenvalue weighted by Gasteiger charge is 2.30. The van der Waals surface area contributed by atoms with Crippen LogP contribution in [0.25, 0.3) is 0 Å². The molecule has 0 aliphatic rings. The molecule has 0 aromatic rings. The van der Waals surface area contributed by atoms with E-state index in [1.165, 1.54) is 0 Å². The molecular formula is C22H39N7O9. The first-order chi connectivity index (χ1) is 17.6. The Bertz CT molecular complexity index is 875. The van der Waals surface area contributed by atoms with Gasteiger partial charge in [-0.1, -0.05) is 13.8 Å². The summed E-state index contributed by atoms with van der Waals surface area (Å²) >= 11 is 0. The molecule has 0 aromatic carbocycles. The molecule has 0 spiro atoms. The van der Waals surface area contributed by atoms with Crippen molar-refractivity contribution in [3.05, 3.63) is 0 Å². The SMILES string of the molecule is CC(C)CC(N)C(=O)NC(CCCN=C(N)N)C(=O)NC(CCC(=O)O)C(=O)NC(CCC(=O)O)C(=O)O. The Balaban J connectivity index is 5.70. The van der Waals surface area contributed by atoms with Crippen LogP contribution in [0.5, 0.6) is 0 Å². The Morgan fingerprint density at radius 2 is 1.18 bits per heavy atom. The van der Waals surface area contributed by atoms with Gasteiger partial charge in [-0.25, -0.2) is 4.79 Å². The second-order valence-electron chi connectivity index (χ2n) is 9.07. The summed E-state index contributed by atoms with van der Waals surface area (Å²) in [5, 5.41) is 34.1. The number of carbonyl (C=O) groups is 6. The van der Waals surface area contributed by atoms with Gasteiger partial charge in [0.15, 0.2) is 5.96 Å². The summed E-state index contributed by atoms with van der Waals surface area (Å²) in [6, 6.07) is -5.20. The standard InChI is InChI=1S/C22H39N7O9/c1-11(2)10-12(23)18(34)27-13(4-3-9-26-22(24)25)19(35)28-14(5-7-16(30)31)20(36)29-15(21(37)38)6-8-17(32)33/h11-15H,3-10,23H2,1-2H3,(H,27,34)(H,28,35)(H,29,36)(H,30,31)(H,32,33)(H,37,38)(H4,24,25,26). The van der Waals surface area contributed by atoms with Crippen LogP contribution < -0.4 is 33.2 Å². The summed E-state index contributed by atoms with van der Waals surface area (Å²) in [7, 11) is 0. The van der Waals surface area contributed by atoms with Crippen LogP contribution >= 0.6 is 0 Å². The van der Waals surface area contributed by atoms with Crippen molar-refractivity contribution in [1.29, 1.82) is 0 Å². The molecule has 4 atom stereocenters. The van der Waals surface area contributed by atoms with Gasteiger partial charge in [-0.3, -0.25) is 29.0 Å². The van der Waals surface area contributed by atoms with E-state index in [1.54, 1.807) is 0 Å². The fraction of sp³-hybridized carbons (Fsp3) is 0.682. The Morgan fingerprint density at radius 3 is 1.63 bits per heavy atom. The van der Waals surface area contributed by atoms with E-state index in [2.05, 4.69) is 20.9 Å². The van der Waals surface area contributed by atoms with Gasteiger partial charge in [-0.05, 0) is 38.0 Å². The van der Waals surface area contributed by atoms with Crippen molar-refractivity contribution >= 4 is 41.6 Å². The first kappa shape index (κ1) is 34.0. The molecule has 16 nitrogen and oxygen atoms in total. The molecule has 0 rings (SSSR count). The van der Waals surface area contributed by atoms with Crippen molar-refractivity contribution in [3.63, 3.8) is 0 Å². The number of aliphatic carboxylic acids is 3. The second kappa shape index (κ2) is 17.5. The van der Waals surface area contributed by atoms with Gasteiger partial charge in [0.05, 0.1) is 6.04 Å². The van der Waals surface area contributed by atoms with Gasteiger partial charge < -0.3 is 48.5 Å². The summed E-state index contributed by atoms with van der Waals surface area (Å²) in [5.41, 5.74) is 16.5. The normalized spacial score (nSPS) is 13.9. The number of hydrogen-bond donors (Lipinski definition) is 9. The highest BCUT2D eigenvalue weighted by atomic mass is 16.4. The molecule has 38 heavy (non-hydrogen) atoms. The molecule has 0 bridgehead atoms. The van der Waals surface area contributed by atoms with Crippen LogP contribution in [0.1, 0.15) is 58.8 Å². The lowest BCUT2D eigenvalue weighted by molar-refractivity contribution is -0.144. The van der Waals surface area contributed by atoms with Gasteiger partial charge in [-0.2, -0.15) is 0 Å². The zero-order chi connectivity index (χ0) is 29.4. The molecule has 12 N–H and O–H groups in total. The molecule has 216 valence electrons. The highest BCUT2D eigenvalue weighted by Crippen LogP contribution is 2.07. The lowest BCUT2D eigenvalue weighted by Gasteiger charge is -2.25. The third-order valence-electron chi connectivity index (χ3n) is 5.18. The summed E-state index contributed by atoms with van der Waals surface area (Å²) in [4.78, 5) is 75.5. The molecule has 3 amide bonds. The van der Waals surface area contributed by atoms with Crippen LogP contribution in [0.2, 0.25) is 0 Å². The predicted molar refractivity (Wildman–Crippen MR) is 135 cm³/mol. The monoisotopic (exact) mass is 545 g/mol. The summed E-state index contributed by atoms with van der Waals surface area (Å²) in [5.74, 6) is -6.63. The third-order valence-corrected chi connectivity index (χ3v) is 5.18. The van der Waals surface area contributed by atoms with E-state index in [4.69, 9.17) is 27.4 Å². The Labute approximate surface area is 219 Å². The number of carbonyl (C=O) groups excluding carboxylic acids is 3. The van der Waals surface area contributed by atoms with Gasteiger partial charge in [-0.15, -0.1) is 0 Å². The number of aliphatic imine (C=N–C) groups is 1. The molecule has 0 aliphatic heterocycles. The summed E-state index contributed by atoms with van der Waals surface area (Å²) < 4.78 is 0. The van der Waals surface area contributed by atoms with Crippen LogP contribution in [0.3, 0.4) is 0 Å². The quantitative estimate of drug-likeness (QED) is 0.0469. The van der Waals surface area contributed by atoms with Crippen LogP contribution in [-0.4, -0.2) is 87.6 Å². The molecule has 4 unspecified atom stereocenters. The molecule has 0 aromatic heterocycles. The molecule has 0 aliphatic carbocycles. The minimum atomic E-state index is -1.59. The first-order valence-corrected chi connectivity index (χ1v) is 12.0. The number of carboxylic acids is 3. The van der Waals surface area contributed by atoms with Crippen molar-refractivity contribution < 1.29 is 44.1 Å². The van der Waals surface area contributed by atoms with E-state index in [1.807, 2.05) is 13.8 Å². The number of nitrogens with one attached hydrogen (secondary N) is 3. The first-order valence-electron chi connectivity index (χ1n) is 12.0. The van der Waals surface area contributed by atoms with Gasteiger partial charge in [0.1, 0.15) is 18.1 Å². The molecule has 0 saturated carbocycles. The van der Waals surface area contributed by atoms with Crippen LogP contribution in [0.4, 0.5) is 0 Å². The summed E-state index contributed by atoms with van der Waals surface area (Å²) in [6.07, 6.45) is -1.32. The zero-order valence-electron chi connectivity index (χ0n) is 21.5. The van der Waals surface area contributed by atoms with Crippen molar-refractivity contribution in [2.75, 3.05) is 6.54 Å². The van der Waals surface area contributed by atoms with Gasteiger partial charge in [0.2, 0.25) is 17.7 Å². The number of nitrogens with two attached hydrogens (primary N) is 3. The van der Waals surface area contributed by atoms with Crippen LogP contribution in [-0.2, 0) is 28.8 Å². The zero-order valence-corrected chi connectivity index (χ0v) is 21.5. The number of hydrogen-bond acceptors (Lipinski definition) is 8. The molecule has 0 saturated heterocycles. The number of carboxylic acid groups (broad SMARTS) is 3. The van der Waals surface area contributed by atoms with Gasteiger partial charge in [0, 0.05) is 19.4 Å². The smallest absolute Gasteiger partial charge is 0.326 e. The van der Waals surface area contributed by atoms with Crippen LogP contribution in [0.15, 0.2) is 4.99 Å². The van der Waals surface area contributed by atoms with E-state index in [-0.39, 0.29) is 31.3 Å². The third kappa shape index (κ3) is 15.2. The Hall–Kier alpha value is -3.95. The fourth-order valence-electron chi connectivity index (χ4n) is 3.27. The minimum absolute atomic E-state index is 0.0341. The lowest BCUT2D eigenvalue weighted by atomic mass is 10.0. The lowest BCUT2D eigenvalue weighted by Crippen LogP contribution is -2.57. The Kier molecular flexibility index (Phi) is 15.7. The van der Waals surface area contributed by atoms with Crippen molar-refractivity contribution in [3.8, 4) is 0 Å². The van der Waals surface area contributed by atoms with E-state index in [9.17, 15) is 33.9 Å². The van der Waals surface area contributed by atoms with Crippen LogP contribution in [0, 0.1) is 5.92 Å². The molecule has 0 fully saturated rings. The minimum Gasteiger partial charge on any atom is -0.481 e. The van der Waals surface area contributed by atoms with Crippen molar-refractivity contribution in [1.82, 2.24) is 16.0 Å². The second-order valence-corrected chi connectivity index (χ2v) is 9.07. The molecule has 0 heterocycles. The number of guanidine groups is 1. The van der Waals surface area contributed by atoms with Crippen molar-refractivity contribution in [2.45, 2.75) is 83.0 Å². The van der Waals surface area contributed by atoms with Gasteiger partial charge in [0.25, 0.3) is 0 Å². The van der Waals surface area contributed by atoms with E-state index in [0.29, 0.717) is 6.42 Å². The maximum Gasteiger partial charge on any atom is 0.326 e. The predicted octanol–water partition coefficient (Wildman–Crippen LogP) is -2.32. The molecule has 16 heteroatoms. The van der Waals surface area contributed by atoms with E-state index in [0.717, 1.165) is 0 Å². The topological polar surface area (TPSA) is 290 Å². The maximum absolute atomic E-state index is 13.1. The van der Waals surface area contributed by atoms with Crippen molar-refractivity contribution in [2.24, 2.45) is 28.1 Å². The summed E-state index contributed by atoms with van der Waals surface area (Å²) in [6.45, 7) is 3.85. The largest absolute Gasteiger partial charge is 0.481 e. The number of rotatable bonds is 19. The van der Waals surface area contributed by atoms with E-state index >= 15 is 0 Å². The maximum atomic E-state index is 13.1. The number of nitrogens with zero attached hydrogens (tertiary/aromatic N) is 1. The number of amides is 3. The highest BCUT2D eigenvalue weighted by molar-refractivity contribution is 5.94.